The molecule has 1 aliphatic rings. The van der Waals surface area contributed by atoms with Crippen molar-refractivity contribution >= 4 is 11.6 Å². The van der Waals surface area contributed by atoms with Gasteiger partial charge in [0.15, 0.2) is 0 Å². The Kier molecular flexibility index (Phi) is 5.56. The van der Waals surface area contributed by atoms with Crippen molar-refractivity contribution in [2.75, 3.05) is 31.9 Å². The van der Waals surface area contributed by atoms with Gasteiger partial charge in [-0.3, -0.25) is 4.79 Å². The number of hydrogen-bond acceptors (Lipinski definition) is 3. The van der Waals surface area contributed by atoms with E-state index in [1.165, 1.54) is 37.8 Å². The SMILES string of the molecule is Cc1c(N)cc(C(=O)NCCN2CCCCCC2)cc1F. The first-order valence-electron chi connectivity index (χ1n) is 7.64. The molecule has 0 unspecified atom stereocenters. The lowest BCUT2D eigenvalue weighted by Gasteiger charge is -2.19. The lowest BCUT2D eigenvalue weighted by molar-refractivity contribution is 0.0948. The monoisotopic (exact) mass is 293 g/mol. The Labute approximate surface area is 125 Å². The second kappa shape index (κ2) is 7.41. The lowest BCUT2D eigenvalue weighted by Crippen LogP contribution is -2.35. The summed E-state index contributed by atoms with van der Waals surface area (Å²) < 4.78 is 13.6. The summed E-state index contributed by atoms with van der Waals surface area (Å²) >= 11 is 0. The molecule has 1 saturated heterocycles. The highest BCUT2D eigenvalue weighted by atomic mass is 19.1. The molecule has 116 valence electrons. The van der Waals surface area contributed by atoms with Crippen LogP contribution in [0.3, 0.4) is 0 Å². The molecule has 4 nitrogen and oxygen atoms in total. The highest BCUT2D eigenvalue weighted by Gasteiger charge is 2.12. The number of nitrogens with zero attached hydrogens (tertiary/aromatic N) is 1. The van der Waals surface area contributed by atoms with E-state index in [1.54, 1.807) is 6.92 Å². The number of nitrogens with one attached hydrogen (secondary N) is 1. The van der Waals surface area contributed by atoms with Crippen molar-refractivity contribution < 1.29 is 9.18 Å². The summed E-state index contributed by atoms with van der Waals surface area (Å²) in [5, 5.41) is 2.84. The van der Waals surface area contributed by atoms with E-state index in [4.69, 9.17) is 5.73 Å². The van der Waals surface area contributed by atoms with Crippen LogP contribution in [0.2, 0.25) is 0 Å². The van der Waals surface area contributed by atoms with Gasteiger partial charge in [0.1, 0.15) is 5.82 Å². The summed E-state index contributed by atoms with van der Waals surface area (Å²) in [7, 11) is 0. The van der Waals surface area contributed by atoms with Crippen LogP contribution in [-0.4, -0.2) is 37.0 Å². The molecule has 0 aromatic heterocycles. The number of nitrogens with two attached hydrogens (primary N) is 1. The first kappa shape index (κ1) is 15.8. The molecular formula is C16H24FN3O. The van der Waals surface area contributed by atoms with Crippen molar-refractivity contribution in [2.24, 2.45) is 0 Å². The summed E-state index contributed by atoms with van der Waals surface area (Å²) in [5.74, 6) is -0.705. The van der Waals surface area contributed by atoms with Gasteiger partial charge in [-0.15, -0.1) is 0 Å². The lowest BCUT2D eigenvalue weighted by atomic mass is 10.1. The van der Waals surface area contributed by atoms with Crippen molar-refractivity contribution in [2.45, 2.75) is 32.6 Å². The number of hydrogen-bond donors (Lipinski definition) is 2. The molecule has 3 N–H and O–H groups in total. The van der Waals surface area contributed by atoms with Gasteiger partial charge in [-0.1, -0.05) is 12.8 Å². The van der Waals surface area contributed by atoms with E-state index in [1.807, 2.05) is 0 Å². The van der Waals surface area contributed by atoms with Crippen molar-refractivity contribution in [3.05, 3.63) is 29.1 Å². The van der Waals surface area contributed by atoms with E-state index < -0.39 is 5.82 Å². The normalized spacial score (nSPS) is 16.5. The third-order valence-corrected chi connectivity index (χ3v) is 4.06. The van der Waals surface area contributed by atoms with Crippen LogP contribution >= 0.6 is 0 Å². The molecule has 1 aromatic rings. The summed E-state index contributed by atoms with van der Waals surface area (Å²) in [6.45, 7) is 5.22. The maximum Gasteiger partial charge on any atom is 0.251 e. The number of benzene rings is 1. The van der Waals surface area contributed by atoms with E-state index in [0.29, 0.717) is 17.8 Å². The minimum absolute atomic E-state index is 0.268. The summed E-state index contributed by atoms with van der Waals surface area (Å²) in [4.78, 5) is 14.4. The smallest absolute Gasteiger partial charge is 0.251 e. The summed E-state index contributed by atoms with van der Waals surface area (Å²) in [5.41, 5.74) is 6.68. The van der Waals surface area contributed by atoms with Gasteiger partial charge in [-0.05, 0) is 45.0 Å². The third-order valence-electron chi connectivity index (χ3n) is 4.06. The average molecular weight is 293 g/mol. The zero-order chi connectivity index (χ0) is 15.2. The quantitative estimate of drug-likeness (QED) is 0.838. The predicted octanol–water partition coefficient (Wildman–Crippen LogP) is 2.32. The van der Waals surface area contributed by atoms with Crippen molar-refractivity contribution in [1.82, 2.24) is 10.2 Å². The predicted molar refractivity (Wildman–Crippen MR) is 82.8 cm³/mol. The van der Waals surface area contributed by atoms with Crippen molar-refractivity contribution in [3.63, 3.8) is 0 Å². The maximum absolute atomic E-state index is 13.6. The van der Waals surface area contributed by atoms with Crippen molar-refractivity contribution in [3.8, 4) is 0 Å². The Bertz CT molecular complexity index is 473. The van der Waals surface area contributed by atoms with E-state index in [2.05, 4.69) is 10.2 Å². The summed E-state index contributed by atoms with van der Waals surface area (Å²) in [6, 6.07) is 2.77. The molecule has 5 heteroatoms. The fraction of sp³-hybridized carbons (Fsp3) is 0.562. The van der Waals surface area contributed by atoms with Gasteiger partial charge in [0.05, 0.1) is 0 Å². The molecule has 1 fully saturated rings. The molecule has 0 saturated carbocycles. The molecule has 1 aromatic carbocycles. The molecule has 0 spiro atoms. The minimum Gasteiger partial charge on any atom is -0.398 e. The van der Waals surface area contributed by atoms with Crippen LogP contribution in [0.1, 0.15) is 41.6 Å². The number of amides is 1. The Morgan fingerprint density at radius 1 is 1.29 bits per heavy atom. The number of rotatable bonds is 4. The molecule has 0 bridgehead atoms. The molecule has 0 atom stereocenters. The second-order valence-electron chi connectivity index (χ2n) is 5.68. The largest absolute Gasteiger partial charge is 0.398 e. The van der Waals surface area contributed by atoms with Crippen LogP contribution < -0.4 is 11.1 Å². The molecular weight excluding hydrogens is 269 g/mol. The number of carbonyl (C=O) groups is 1. The summed E-state index contributed by atoms with van der Waals surface area (Å²) in [6.07, 6.45) is 5.05. The Morgan fingerprint density at radius 3 is 2.57 bits per heavy atom. The van der Waals surface area contributed by atoms with Gasteiger partial charge >= 0.3 is 0 Å². The van der Waals surface area contributed by atoms with E-state index >= 15 is 0 Å². The number of nitrogen functional groups attached to an aromatic ring is 1. The molecule has 0 aliphatic carbocycles. The van der Waals surface area contributed by atoms with Crippen LogP contribution in [0.4, 0.5) is 10.1 Å². The van der Waals surface area contributed by atoms with Crippen LogP contribution in [0.25, 0.3) is 0 Å². The maximum atomic E-state index is 13.6. The highest BCUT2D eigenvalue weighted by molar-refractivity contribution is 5.95. The highest BCUT2D eigenvalue weighted by Crippen LogP contribution is 2.17. The van der Waals surface area contributed by atoms with Gasteiger partial charge < -0.3 is 16.0 Å². The first-order valence-corrected chi connectivity index (χ1v) is 7.64. The first-order chi connectivity index (χ1) is 10.1. The topological polar surface area (TPSA) is 58.4 Å². The van der Waals surface area contributed by atoms with Crippen LogP contribution in [0.5, 0.6) is 0 Å². The average Bonchev–Trinajstić information content (AvgIpc) is 2.73. The number of anilines is 1. The Hall–Kier alpha value is -1.62. The van der Waals surface area contributed by atoms with Crippen molar-refractivity contribution in [1.29, 1.82) is 0 Å². The Morgan fingerprint density at radius 2 is 1.95 bits per heavy atom. The van der Waals surface area contributed by atoms with Crippen LogP contribution in [-0.2, 0) is 0 Å². The van der Waals surface area contributed by atoms with Gasteiger partial charge in [0.25, 0.3) is 5.91 Å². The minimum atomic E-state index is -0.437. The van der Waals surface area contributed by atoms with Gasteiger partial charge in [-0.25, -0.2) is 4.39 Å². The molecule has 21 heavy (non-hydrogen) atoms. The second-order valence-corrected chi connectivity index (χ2v) is 5.68. The number of halogens is 1. The molecule has 1 amide bonds. The van der Waals surface area contributed by atoms with Gasteiger partial charge in [0.2, 0.25) is 0 Å². The molecule has 0 radical (unpaired) electrons. The molecule has 2 rings (SSSR count). The van der Waals surface area contributed by atoms with E-state index in [0.717, 1.165) is 19.6 Å². The van der Waals surface area contributed by atoms with Gasteiger partial charge in [-0.2, -0.15) is 0 Å². The van der Waals surface area contributed by atoms with E-state index in [9.17, 15) is 9.18 Å². The van der Waals surface area contributed by atoms with Gasteiger partial charge in [0, 0.05) is 29.9 Å². The standard InChI is InChI=1S/C16H24FN3O/c1-12-14(17)10-13(11-15(12)18)16(21)19-6-9-20-7-4-2-3-5-8-20/h10-11H,2-9,18H2,1H3,(H,19,21). The zero-order valence-electron chi connectivity index (χ0n) is 12.6. The number of likely N-dealkylation sites (tertiary alicyclic amines) is 1. The Balaban J connectivity index is 1.84. The van der Waals surface area contributed by atoms with E-state index in [-0.39, 0.29) is 11.5 Å². The zero-order valence-corrected chi connectivity index (χ0v) is 12.6. The number of carbonyl (C=O) groups excluding carboxylic acids is 1. The fourth-order valence-corrected chi connectivity index (χ4v) is 2.62. The fourth-order valence-electron chi connectivity index (χ4n) is 2.62. The third kappa shape index (κ3) is 4.43. The molecule has 1 aliphatic heterocycles. The van der Waals surface area contributed by atoms with Crippen LogP contribution in [0.15, 0.2) is 12.1 Å². The van der Waals surface area contributed by atoms with Crippen LogP contribution in [0, 0.1) is 12.7 Å². The molecule has 1 heterocycles.